The number of piperazine rings is 1. The van der Waals surface area contributed by atoms with Gasteiger partial charge in [-0.1, -0.05) is 23.7 Å². The summed E-state index contributed by atoms with van der Waals surface area (Å²) in [7, 11) is 1.60. The fourth-order valence-corrected chi connectivity index (χ4v) is 3.23. The van der Waals surface area contributed by atoms with Crippen LogP contribution < -0.4 is 14.4 Å². The van der Waals surface area contributed by atoms with E-state index < -0.39 is 6.10 Å². The molecule has 0 saturated carbocycles. The maximum atomic E-state index is 12.7. The van der Waals surface area contributed by atoms with E-state index >= 15 is 0 Å². The molecule has 1 aliphatic rings. The summed E-state index contributed by atoms with van der Waals surface area (Å²) in [5, 5.41) is 0.723. The Hall–Kier alpha value is -2.40. The number of methoxy groups -OCH3 is 1. The van der Waals surface area contributed by atoms with Crippen LogP contribution in [0.3, 0.4) is 0 Å². The number of amides is 1. The summed E-state index contributed by atoms with van der Waals surface area (Å²) < 4.78 is 11.0. The lowest BCUT2D eigenvalue weighted by Crippen LogP contribution is -2.52. The van der Waals surface area contributed by atoms with Crippen molar-refractivity contribution in [1.29, 1.82) is 0 Å². The highest BCUT2D eigenvalue weighted by Crippen LogP contribution is 2.22. The summed E-state index contributed by atoms with van der Waals surface area (Å²) in [6.45, 7) is 4.66. The van der Waals surface area contributed by atoms with Gasteiger partial charge in [0.15, 0.2) is 6.10 Å². The van der Waals surface area contributed by atoms with Crippen LogP contribution in [-0.4, -0.2) is 50.2 Å². The van der Waals surface area contributed by atoms with Crippen LogP contribution in [0.2, 0.25) is 5.02 Å². The third-order valence-electron chi connectivity index (χ3n) is 4.47. The van der Waals surface area contributed by atoms with Gasteiger partial charge in [-0.15, -0.1) is 0 Å². The lowest BCUT2D eigenvalue weighted by Gasteiger charge is -2.37. The molecule has 0 aromatic heterocycles. The topological polar surface area (TPSA) is 42.0 Å². The number of nitrogens with zero attached hydrogens (tertiary/aromatic N) is 2. The van der Waals surface area contributed by atoms with E-state index in [0.29, 0.717) is 24.6 Å². The first-order valence-electron chi connectivity index (χ1n) is 8.67. The largest absolute Gasteiger partial charge is 0.497 e. The second kappa shape index (κ2) is 8.32. The molecule has 0 aliphatic carbocycles. The molecule has 2 aromatic carbocycles. The second-order valence-corrected chi connectivity index (χ2v) is 6.67. The van der Waals surface area contributed by atoms with Gasteiger partial charge in [-0.05, 0) is 37.3 Å². The lowest BCUT2D eigenvalue weighted by molar-refractivity contribution is -0.138. The predicted octanol–water partition coefficient (Wildman–Crippen LogP) is 3.46. The average molecular weight is 375 g/mol. The molecule has 1 heterocycles. The zero-order valence-electron chi connectivity index (χ0n) is 15.0. The number of hydrogen-bond donors (Lipinski definition) is 0. The number of hydrogen-bond acceptors (Lipinski definition) is 4. The molecule has 1 amide bonds. The highest BCUT2D eigenvalue weighted by molar-refractivity contribution is 6.30. The molecule has 0 bridgehead atoms. The van der Waals surface area contributed by atoms with Crippen molar-refractivity contribution in [2.24, 2.45) is 0 Å². The van der Waals surface area contributed by atoms with Gasteiger partial charge in [-0.2, -0.15) is 0 Å². The number of carbonyl (C=O) groups excluding carboxylic acids is 1. The normalized spacial score (nSPS) is 15.5. The molecule has 0 spiro atoms. The summed E-state index contributed by atoms with van der Waals surface area (Å²) in [5.74, 6) is 1.33. The molecule has 26 heavy (non-hydrogen) atoms. The van der Waals surface area contributed by atoms with E-state index in [4.69, 9.17) is 21.1 Å². The SMILES string of the molecule is COc1cccc(OC(C)C(=O)N2CCN(c3cccc(Cl)c3)CC2)c1. The van der Waals surface area contributed by atoms with Crippen molar-refractivity contribution in [2.45, 2.75) is 13.0 Å². The Morgan fingerprint density at radius 1 is 1.04 bits per heavy atom. The maximum Gasteiger partial charge on any atom is 0.263 e. The quantitative estimate of drug-likeness (QED) is 0.803. The van der Waals surface area contributed by atoms with Gasteiger partial charge in [0.1, 0.15) is 11.5 Å². The van der Waals surface area contributed by atoms with Gasteiger partial charge in [0, 0.05) is 43.0 Å². The molecule has 1 unspecified atom stereocenters. The van der Waals surface area contributed by atoms with E-state index in [2.05, 4.69) is 4.90 Å². The zero-order valence-corrected chi connectivity index (χ0v) is 15.8. The number of rotatable bonds is 5. The number of ether oxygens (including phenoxy) is 2. The molecule has 1 aliphatic heterocycles. The minimum absolute atomic E-state index is 0.00133. The molecule has 5 nitrogen and oxygen atoms in total. The molecule has 3 rings (SSSR count). The zero-order chi connectivity index (χ0) is 18.5. The van der Waals surface area contributed by atoms with Gasteiger partial charge in [0.2, 0.25) is 0 Å². The average Bonchev–Trinajstić information content (AvgIpc) is 2.67. The molecule has 1 fully saturated rings. The number of anilines is 1. The Balaban J connectivity index is 1.55. The van der Waals surface area contributed by atoms with Crippen LogP contribution >= 0.6 is 11.6 Å². The van der Waals surface area contributed by atoms with E-state index in [1.165, 1.54) is 0 Å². The summed E-state index contributed by atoms with van der Waals surface area (Å²) in [6.07, 6.45) is -0.542. The Morgan fingerprint density at radius 3 is 2.42 bits per heavy atom. The van der Waals surface area contributed by atoms with Crippen LogP contribution in [0.15, 0.2) is 48.5 Å². The third kappa shape index (κ3) is 4.41. The minimum atomic E-state index is -0.542. The molecular formula is C20H23ClN2O3. The van der Waals surface area contributed by atoms with Crippen molar-refractivity contribution < 1.29 is 14.3 Å². The van der Waals surface area contributed by atoms with Crippen LogP contribution in [0.25, 0.3) is 0 Å². The number of halogens is 1. The van der Waals surface area contributed by atoms with Crippen LogP contribution in [0.1, 0.15) is 6.92 Å². The first-order valence-corrected chi connectivity index (χ1v) is 9.04. The third-order valence-corrected chi connectivity index (χ3v) is 4.70. The molecule has 0 N–H and O–H groups in total. The van der Waals surface area contributed by atoms with Crippen LogP contribution in [0, 0.1) is 0 Å². The predicted molar refractivity (Wildman–Crippen MR) is 103 cm³/mol. The monoisotopic (exact) mass is 374 g/mol. The Kier molecular flexibility index (Phi) is 5.89. The fraction of sp³-hybridized carbons (Fsp3) is 0.350. The molecule has 2 aromatic rings. The van der Waals surface area contributed by atoms with Gasteiger partial charge < -0.3 is 19.3 Å². The summed E-state index contributed by atoms with van der Waals surface area (Å²) in [4.78, 5) is 16.8. The van der Waals surface area contributed by atoms with E-state index in [1.807, 2.05) is 47.4 Å². The Morgan fingerprint density at radius 2 is 1.73 bits per heavy atom. The lowest BCUT2D eigenvalue weighted by atomic mass is 10.2. The van der Waals surface area contributed by atoms with Crippen LogP contribution in [0.5, 0.6) is 11.5 Å². The van der Waals surface area contributed by atoms with Crippen molar-refractivity contribution in [3.05, 3.63) is 53.6 Å². The first-order chi connectivity index (χ1) is 12.6. The summed E-state index contributed by atoms with van der Waals surface area (Å²) in [5.41, 5.74) is 1.09. The van der Waals surface area contributed by atoms with Crippen molar-refractivity contribution in [3.63, 3.8) is 0 Å². The fourth-order valence-electron chi connectivity index (χ4n) is 3.04. The highest BCUT2D eigenvalue weighted by atomic mass is 35.5. The molecule has 1 saturated heterocycles. The van der Waals surface area contributed by atoms with Gasteiger partial charge in [-0.3, -0.25) is 4.79 Å². The van der Waals surface area contributed by atoms with Crippen LogP contribution in [0.4, 0.5) is 5.69 Å². The van der Waals surface area contributed by atoms with Gasteiger partial charge in [0.25, 0.3) is 5.91 Å². The van der Waals surface area contributed by atoms with E-state index in [0.717, 1.165) is 23.8 Å². The maximum absolute atomic E-state index is 12.7. The molecule has 1 atom stereocenters. The molecule has 6 heteroatoms. The smallest absolute Gasteiger partial charge is 0.263 e. The van der Waals surface area contributed by atoms with Crippen molar-refractivity contribution in [1.82, 2.24) is 4.90 Å². The van der Waals surface area contributed by atoms with Crippen LogP contribution in [-0.2, 0) is 4.79 Å². The van der Waals surface area contributed by atoms with Crippen molar-refractivity contribution in [3.8, 4) is 11.5 Å². The Labute approximate surface area is 159 Å². The standard InChI is InChI=1S/C20H23ClN2O3/c1-15(26-19-8-4-7-18(14-19)25-2)20(24)23-11-9-22(10-12-23)17-6-3-5-16(21)13-17/h3-8,13-15H,9-12H2,1-2H3. The van der Waals surface area contributed by atoms with E-state index in [9.17, 15) is 4.79 Å². The van der Waals surface area contributed by atoms with Gasteiger partial charge >= 0.3 is 0 Å². The first kappa shape index (κ1) is 18.4. The summed E-state index contributed by atoms with van der Waals surface area (Å²) in [6, 6.07) is 15.1. The van der Waals surface area contributed by atoms with Gasteiger partial charge in [-0.25, -0.2) is 0 Å². The van der Waals surface area contributed by atoms with Crippen molar-refractivity contribution in [2.75, 3.05) is 38.2 Å². The Bertz CT molecular complexity index is 760. The molecular weight excluding hydrogens is 352 g/mol. The molecule has 0 radical (unpaired) electrons. The number of benzene rings is 2. The van der Waals surface area contributed by atoms with E-state index in [-0.39, 0.29) is 5.91 Å². The highest BCUT2D eigenvalue weighted by Gasteiger charge is 2.26. The van der Waals surface area contributed by atoms with Crippen molar-refractivity contribution >= 4 is 23.2 Å². The number of carbonyl (C=O) groups is 1. The minimum Gasteiger partial charge on any atom is -0.497 e. The van der Waals surface area contributed by atoms with Gasteiger partial charge in [0.05, 0.1) is 7.11 Å². The second-order valence-electron chi connectivity index (χ2n) is 6.23. The summed E-state index contributed by atoms with van der Waals surface area (Å²) >= 11 is 6.07. The molecule has 138 valence electrons. The van der Waals surface area contributed by atoms with E-state index in [1.54, 1.807) is 20.1 Å².